The second-order valence-corrected chi connectivity index (χ2v) is 9.05. The first-order chi connectivity index (χ1) is 19.3. The van der Waals surface area contributed by atoms with Gasteiger partial charge >= 0.3 is 0 Å². The van der Waals surface area contributed by atoms with Crippen molar-refractivity contribution < 1.29 is 28.2 Å². The van der Waals surface area contributed by atoms with E-state index in [2.05, 4.69) is 10.3 Å². The molecule has 0 saturated carbocycles. The van der Waals surface area contributed by atoms with E-state index in [-0.39, 0.29) is 31.2 Å². The van der Waals surface area contributed by atoms with Crippen LogP contribution in [0, 0.1) is 5.82 Å². The molecule has 0 fully saturated rings. The molecule has 4 rings (SSSR count). The summed E-state index contributed by atoms with van der Waals surface area (Å²) in [6.45, 7) is -0.114. The van der Waals surface area contributed by atoms with Crippen molar-refractivity contribution in [2.24, 2.45) is 0 Å². The standard InChI is InChI=1S/C29H28ClFN4O5/c1-38-15-14-34(28(37)22-6-4-5-7-23(22)31)18-27(36)33-29-32-24(19-8-10-20(30)11-9-19)17-35(29)21-12-13-25(39-2)26(16-21)40-3/h4-13,16-17H,14-15,18H2,1-3H3,(H,32,33,36). The van der Waals surface area contributed by atoms with Gasteiger partial charge in [0.15, 0.2) is 11.5 Å². The van der Waals surface area contributed by atoms with Gasteiger partial charge in [0.1, 0.15) is 12.4 Å². The Hall–Kier alpha value is -4.41. The first-order valence-electron chi connectivity index (χ1n) is 12.2. The quantitative estimate of drug-likeness (QED) is 0.272. The SMILES string of the molecule is COCCN(CC(=O)Nc1nc(-c2ccc(Cl)cc2)cn1-c1ccc(OC)c(OC)c1)C(=O)c1ccccc1F. The molecule has 0 spiro atoms. The molecule has 1 heterocycles. The molecular weight excluding hydrogens is 539 g/mol. The predicted molar refractivity (Wildman–Crippen MR) is 150 cm³/mol. The maximum absolute atomic E-state index is 14.3. The summed E-state index contributed by atoms with van der Waals surface area (Å²) in [5.41, 5.74) is 1.85. The maximum Gasteiger partial charge on any atom is 0.257 e. The molecule has 3 aromatic carbocycles. The molecule has 0 atom stereocenters. The Labute approximate surface area is 236 Å². The lowest BCUT2D eigenvalue weighted by Crippen LogP contribution is -2.40. The molecule has 9 nitrogen and oxygen atoms in total. The van der Waals surface area contributed by atoms with Crippen LogP contribution < -0.4 is 14.8 Å². The number of nitrogens with zero attached hydrogens (tertiary/aromatic N) is 3. The van der Waals surface area contributed by atoms with Crippen molar-refractivity contribution in [3.8, 4) is 28.4 Å². The number of halogens is 2. The Kier molecular flexibility index (Phi) is 9.36. The van der Waals surface area contributed by atoms with Gasteiger partial charge in [0.05, 0.1) is 37.8 Å². The van der Waals surface area contributed by atoms with Gasteiger partial charge in [-0.1, -0.05) is 35.9 Å². The number of imidazole rings is 1. The lowest BCUT2D eigenvalue weighted by atomic mass is 10.2. The second-order valence-electron chi connectivity index (χ2n) is 8.61. The summed E-state index contributed by atoms with van der Waals surface area (Å²) in [5.74, 6) is -0.610. The molecule has 1 N–H and O–H groups in total. The zero-order valence-corrected chi connectivity index (χ0v) is 22.9. The predicted octanol–water partition coefficient (Wildman–Crippen LogP) is 5.08. The molecule has 208 valence electrons. The highest BCUT2D eigenvalue weighted by Gasteiger charge is 2.23. The Morgan fingerprint density at radius 2 is 1.73 bits per heavy atom. The molecule has 11 heteroatoms. The number of hydrogen-bond donors (Lipinski definition) is 1. The molecule has 4 aromatic rings. The minimum absolute atomic E-state index is 0.0806. The zero-order valence-electron chi connectivity index (χ0n) is 22.2. The van der Waals surface area contributed by atoms with Crippen LogP contribution in [0.1, 0.15) is 10.4 Å². The molecule has 0 bridgehead atoms. The van der Waals surface area contributed by atoms with E-state index in [4.69, 9.17) is 25.8 Å². The van der Waals surface area contributed by atoms with Crippen LogP contribution >= 0.6 is 11.6 Å². The van der Waals surface area contributed by atoms with Crippen LogP contribution in [0.15, 0.2) is 72.9 Å². The molecule has 0 saturated heterocycles. The minimum Gasteiger partial charge on any atom is -0.493 e. The molecule has 0 radical (unpaired) electrons. The van der Waals surface area contributed by atoms with E-state index in [0.717, 1.165) is 5.56 Å². The van der Waals surface area contributed by atoms with Crippen molar-refractivity contribution in [2.45, 2.75) is 0 Å². The number of benzene rings is 3. The molecule has 40 heavy (non-hydrogen) atoms. The summed E-state index contributed by atoms with van der Waals surface area (Å²) in [5, 5.41) is 3.37. The van der Waals surface area contributed by atoms with Crippen molar-refractivity contribution in [2.75, 3.05) is 46.3 Å². The molecule has 0 aliphatic carbocycles. The minimum atomic E-state index is -0.674. The van der Waals surface area contributed by atoms with Crippen molar-refractivity contribution >= 4 is 29.4 Å². The first-order valence-corrected chi connectivity index (χ1v) is 12.6. The number of methoxy groups -OCH3 is 3. The average Bonchev–Trinajstić information content (AvgIpc) is 3.38. The third-order valence-electron chi connectivity index (χ3n) is 6.03. The Balaban J connectivity index is 1.66. The van der Waals surface area contributed by atoms with Crippen LogP contribution in [0.4, 0.5) is 10.3 Å². The van der Waals surface area contributed by atoms with Crippen LogP contribution in [0.2, 0.25) is 5.02 Å². The van der Waals surface area contributed by atoms with Crippen molar-refractivity contribution in [3.63, 3.8) is 0 Å². The van der Waals surface area contributed by atoms with Crippen molar-refractivity contribution in [1.29, 1.82) is 0 Å². The topological polar surface area (TPSA) is 94.9 Å². The third-order valence-corrected chi connectivity index (χ3v) is 6.29. The van der Waals surface area contributed by atoms with E-state index in [1.807, 2.05) is 12.1 Å². The number of ether oxygens (including phenoxy) is 3. The van der Waals surface area contributed by atoms with Gasteiger partial charge in [-0.25, -0.2) is 9.37 Å². The number of nitrogens with one attached hydrogen (secondary N) is 1. The normalized spacial score (nSPS) is 10.7. The summed E-state index contributed by atoms with van der Waals surface area (Å²) in [7, 11) is 4.54. The molecule has 1 aromatic heterocycles. The summed E-state index contributed by atoms with van der Waals surface area (Å²) in [6, 6.07) is 18.0. The van der Waals surface area contributed by atoms with Gasteiger partial charge in [0, 0.05) is 36.5 Å². The average molecular weight is 567 g/mol. The monoisotopic (exact) mass is 566 g/mol. The summed E-state index contributed by atoms with van der Waals surface area (Å²) in [4.78, 5) is 32.2. The number of rotatable bonds is 11. The smallest absolute Gasteiger partial charge is 0.257 e. The number of aromatic nitrogens is 2. The van der Waals surface area contributed by atoms with E-state index in [1.165, 1.54) is 44.4 Å². The Morgan fingerprint density at radius 1 is 1.00 bits per heavy atom. The molecule has 0 aliphatic heterocycles. The van der Waals surface area contributed by atoms with Gasteiger partial charge in [0.25, 0.3) is 5.91 Å². The molecule has 0 aliphatic rings. The molecule has 2 amide bonds. The van der Waals surface area contributed by atoms with Crippen molar-refractivity contribution in [3.05, 3.63) is 89.3 Å². The highest BCUT2D eigenvalue weighted by molar-refractivity contribution is 6.30. The Morgan fingerprint density at radius 3 is 2.40 bits per heavy atom. The van der Waals surface area contributed by atoms with Gasteiger partial charge < -0.3 is 19.1 Å². The van der Waals surface area contributed by atoms with E-state index >= 15 is 0 Å². The van der Waals surface area contributed by atoms with Gasteiger partial charge in [-0.3, -0.25) is 19.5 Å². The largest absolute Gasteiger partial charge is 0.493 e. The number of anilines is 1. The van der Waals surface area contributed by atoms with Crippen LogP contribution in [0.3, 0.4) is 0 Å². The lowest BCUT2D eigenvalue weighted by molar-refractivity contribution is -0.117. The third kappa shape index (κ3) is 6.59. The highest BCUT2D eigenvalue weighted by atomic mass is 35.5. The fourth-order valence-corrected chi connectivity index (χ4v) is 4.12. The molecule has 0 unspecified atom stereocenters. The summed E-state index contributed by atoms with van der Waals surface area (Å²) >= 11 is 6.05. The fourth-order valence-electron chi connectivity index (χ4n) is 4.00. The van der Waals surface area contributed by atoms with E-state index in [1.54, 1.807) is 47.2 Å². The van der Waals surface area contributed by atoms with Crippen LogP contribution in [-0.2, 0) is 9.53 Å². The highest BCUT2D eigenvalue weighted by Crippen LogP contribution is 2.32. The lowest BCUT2D eigenvalue weighted by Gasteiger charge is -2.22. The van der Waals surface area contributed by atoms with Gasteiger partial charge in [-0.2, -0.15) is 0 Å². The van der Waals surface area contributed by atoms with Gasteiger partial charge in [-0.05, 0) is 36.4 Å². The summed E-state index contributed by atoms with van der Waals surface area (Å²) < 4.78 is 31.9. The van der Waals surface area contributed by atoms with Crippen LogP contribution in [-0.4, -0.2) is 67.3 Å². The van der Waals surface area contributed by atoms with Crippen LogP contribution in [0.25, 0.3) is 16.9 Å². The van der Waals surface area contributed by atoms with Gasteiger partial charge in [0.2, 0.25) is 11.9 Å². The van der Waals surface area contributed by atoms with E-state index in [9.17, 15) is 14.0 Å². The fraction of sp³-hybridized carbons (Fsp3) is 0.207. The number of amides is 2. The summed E-state index contributed by atoms with van der Waals surface area (Å²) in [6.07, 6.45) is 1.76. The van der Waals surface area contributed by atoms with Crippen LogP contribution in [0.5, 0.6) is 11.5 Å². The first kappa shape index (κ1) is 28.6. The van der Waals surface area contributed by atoms with Gasteiger partial charge in [-0.15, -0.1) is 0 Å². The van der Waals surface area contributed by atoms with E-state index < -0.39 is 17.6 Å². The number of carbonyl (C=O) groups excluding carboxylic acids is 2. The maximum atomic E-state index is 14.3. The molecular formula is C29H28ClFN4O5. The zero-order chi connectivity index (χ0) is 28.6. The Bertz CT molecular complexity index is 1490. The van der Waals surface area contributed by atoms with Crippen molar-refractivity contribution in [1.82, 2.24) is 14.5 Å². The second kappa shape index (κ2) is 13.1. The number of hydrogen-bond acceptors (Lipinski definition) is 6. The van der Waals surface area contributed by atoms with E-state index in [0.29, 0.717) is 27.9 Å². The number of carbonyl (C=O) groups is 2.